The average molecular weight is 588 g/mol. The number of nitrogens with zero attached hydrogens (tertiary/aromatic N) is 1. The van der Waals surface area contributed by atoms with E-state index in [0.29, 0.717) is 29.1 Å². The standard InChI is InChI=1S/C30H41N3O5S2/c1-27(2)13-19-14-30(7,16-27)17-33(19)40(36,37)20-11-9-18(10-12-20)24(34)31-25-22(26(35)38-8)21-15-28(3,4)32-29(5,6)23(21)39-25/h9-12,19,32H,13-17H2,1-8H3,(H,31,34). The lowest BCUT2D eigenvalue weighted by Gasteiger charge is -2.42. The topological polar surface area (TPSA) is 105 Å². The van der Waals surface area contributed by atoms with E-state index in [0.717, 1.165) is 29.7 Å². The van der Waals surface area contributed by atoms with Crippen LogP contribution in [-0.4, -0.2) is 49.8 Å². The Morgan fingerprint density at radius 3 is 2.33 bits per heavy atom. The van der Waals surface area contributed by atoms with Gasteiger partial charge in [0.25, 0.3) is 5.91 Å². The second-order valence-electron chi connectivity index (χ2n) is 14.2. The van der Waals surface area contributed by atoms with Crippen molar-refractivity contribution in [2.75, 3.05) is 19.0 Å². The molecule has 1 aliphatic carbocycles. The molecule has 1 aromatic carbocycles. The quantitative estimate of drug-likeness (QED) is 0.446. The number of nitrogens with one attached hydrogen (secondary N) is 2. The SMILES string of the molecule is COC(=O)c1c(NC(=O)c2ccc(S(=O)(=O)N3CC4(C)CC3CC(C)(C)C4)cc2)sc2c1CC(C)(C)NC2(C)C. The fourth-order valence-electron chi connectivity index (χ4n) is 7.71. The predicted molar refractivity (Wildman–Crippen MR) is 157 cm³/mol. The molecule has 8 nitrogen and oxygen atoms in total. The molecule has 1 saturated carbocycles. The second kappa shape index (κ2) is 9.37. The number of esters is 1. The van der Waals surface area contributed by atoms with E-state index in [9.17, 15) is 18.0 Å². The Labute approximate surface area is 241 Å². The Balaban J connectivity index is 1.40. The first-order valence-electron chi connectivity index (χ1n) is 13.8. The van der Waals surface area contributed by atoms with Crippen molar-refractivity contribution >= 4 is 38.2 Å². The van der Waals surface area contributed by atoms with Crippen LogP contribution >= 0.6 is 11.3 Å². The van der Waals surface area contributed by atoms with Crippen molar-refractivity contribution in [3.63, 3.8) is 0 Å². The van der Waals surface area contributed by atoms with Gasteiger partial charge >= 0.3 is 5.97 Å². The minimum Gasteiger partial charge on any atom is -0.465 e. The van der Waals surface area contributed by atoms with E-state index in [1.54, 1.807) is 4.31 Å². The molecule has 10 heteroatoms. The summed E-state index contributed by atoms with van der Waals surface area (Å²) in [5.74, 6) is -0.903. The van der Waals surface area contributed by atoms with E-state index >= 15 is 0 Å². The molecule has 2 fully saturated rings. The summed E-state index contributed by atoms with van der Waals surface area (Å²) in [5, 5.41) is 6.97. The number of fused-ring (bicyclic) bond motifs is 3. The van der Waals surface area contributed by atoms with E-state index in [1.165, 1.54) is 42.7 Å². The predicted octanol–water partition coefficient (Wildman–Crippen LogP) is 5.54. The van der Waals surface area contributed by atoms with Gasteiger partial charge in [-0.25, -0.2) is 13.2 Å². The molecule has 1 saturated heterocycles. The van der Waals surface area contributed by atoms with Gasteiger partial charge in [0.2, 0.25) is 10.0 Å². The molecule has 2 N–H and O–H groups in total. The first-order valence-corrected chi connectivity index (χ1v) is 16.1. The molecule has 1 amide bonds. The number of sulfonamides is 1. The first-order chi connectivity index (χ1) is 18.4. The monoisotopic (exact) mass is 587 g/mol. The number of thiophene rings is 1. The van der Waals surface area contributed by atoms with Gasteiger partial charge in [-0.2, -0.15) is 4.31 Å². The molecule has 2 aromatic rings. The number of hydrogen-bond donors (Lipinski definition) is 2. The molecule has 2 aliphatic heterocycles. The number of methoxy groups -OCH3 is 1. The number of amides is 1. The molecule has 3 heterocycles. The van der Waals surface area contributed by atoms with E-state index in [1.807, 2.05) is 0 Å². The van der Waals surface area contributed by atoms with Crippen LogP contribution in [0.15, 0.2) is 29.2 Å². The molecule has 2 atom stereocenters. The first kappa shape index (κ1) is 29.2. The van der Waals surface area contributed by atoms with Gasteiger partial charge in [-0.3, -0.25) is 4.79 Å². The van der Waals surface area contributed by atoms with Crippen molar-refractivity contribution in [2.24, 2.45) is 10.8 Å². The second-order valence-corrected chi connectivity index (χ2v) is 17.1. The van der Waals surface area contributed by atoms with E-state index in [2.05, 4.69) is 59.1 Å². The van der Waals surface area contributed by atoms with E-state index in [4.69, 9.17) is 4.74 Å². The molecular formula is C30H41N3O5S2. The zero-order valence-corrected chi connectivity index (χ0v) is 26.4. The van der Waals surface area contributed by atoms with Crippen molar-refractivity contribution in [1.29, 1.82) is 0 Å². The number of hydrogen-bond acceptors (Lipinski definition) is 7. The van der Waals surface area contributed by atoms with Crippen LogP contribution in [0.5, 0.6) is 0 Å². The zero-order valence-electron chi connectivity index (χ0n) is 24.7. The van der Waals surface area contributed by atoms with Gasteiger partial charge in [-0.15, -0.1) is 11.3 Å². The maximum Gasteiger partial charge on any atom is 0.341 e. The number of carbonyl (C=O) groups is 2. The molecule has 0 radical (unpaired) electrons. The van der Waals surface area contributed by atoms with Crippen molar-refractivity contribution in [2.45, 2.75) is 96.2 Å². The molecule has 2 unspecified atom stereocenters. The molecule has 0 spiro atoms. The summed E-state index contributed by atoms with van der Waals surface area (Å²) >= 11 is 1.37. The lowest BCUT2D eigenvalue weighted by atomic mass is 9.65. The van der Waals surface area contributed by atoms with Crippen LogP contribution in [0.4, 0.5) is 5.00 Å². The molecule has 1 aromatic heterocycles. The summed E-state index contributed by atoms with van der Waals surface area (Å²) < 4.78 is 34.1. The Kier molecular flexibility index (Phi) is 6.85. The third-order valence-electron chi connectivity index (χ3n) is 8.55. The molecule has 2 bridgehead atoms. The van der Waals surface area contributed by atoms with Gasteiger partial charge in [-0.05, 0) is 94.0 Å². The van der Waals surface area contributed by atoms with Crippen molar-refractivity contribution < 1.29 is 22.7 Å². The fourth-order valence-corrected chi connectivity index (χ4v) is 10.7. The molecule has 218 valence electrons. The highest BCUT2D eigenvalue weighted by molar-refractivity contribution is 7.89. The van der Waals surface area contributed by atoms with Gasteiger partial charge in [0.05, 0.1) is 17.6 Å². The zero-order chi connectivity index (χ0) is 29.5. The maximum atomic E-state index is 13.7. The van der Waals surface area contributed by atoms with Gasteiger partial charge in [0.15, 0.2) is 0 Å². The van der Waals surface area contributed by atoms with E-state index < -0.39 is 27.4 Å². The van der Waals surface area contributed by atoms with Crippen LogP contribution < -0.4 is 10.6 Å². The van der Waals surface area contributed by atoms with Crippen molar-refractivity contribution in [1.82, 2.24) is 9.62 Å². The lowest BCUT2D eigenvalue weighted by Crippen LogP contribution is -2.55. The molecular weight excluding hydrogens is 546 g/mol. The highest BCUT2D eigenvalue weighted by atomic mass is 32.2. The van der Waals surface area contributed by atoms with Crippen LogP contribution in [0.1, 0.15) is 98.9 Å². The third-order valence-corrected chi connectivity index (χ3v) is 11.9. The summed E-state index contributed by atoms with van der Waals surface area (Å²) in [5.41, 5.74) is 1.02. The minimum absolute atomic E-state index is 0.00736. The van der Waals surface area contributed by atoms with Crippen LogP contribution in [0.2, 0.25) is 0 Å². The normalized spacial score (nSPS) is 26.6. The fraction of sp³-hybridized carbons (Fsp3) is 0.600. The Hall–Kier alpha value is -2.27. The Morgan fingerprint density at radius 1 is 1.05 bits per heavy atom. The average Bonchev–Trinajstić information content (AvgIpc) is 3.30. The molecule has 40 heavy (non-hydrogen) atoms. The third kappa shape index (κ3) is 5.12. The van der Waals surface area contributed by atoms with Gasteiger partial charge < -0.3 is 15.4 Å². The lowest BCUT2D eigenvalue weighted by molar-refractivity contribution is 0.0600. The van der Waals surface area contributed by atoms with Crippen molar-refractivity contribution in [3.05, 3.63) is 45.8 Å². The molecule has 3 aliphatic rings. The number of benzene rings is 1. The van der Waals surface area contributed by atoms with Gasteiger partial charge in [-0.1, -0.05) is 20.8 Å². The highest BCUT2D eigenvalue weighted by Crippen LogP contribution is 2.53. The Bertz CT molecular complexity index is 1470. The number of anilines is 1. The summed E-state index contributed by atoms with van der Waals surface area (Å²) in [6, 6.07) is 6.09. The molecule has 5 rings (SSSR count). The maximum absolute atomic E-state index is 13.7. The smallest absolute Gasteiger partial charge is 0.341 e. The summed E-state index contributed by atoms with van der Waals surface area (Å²) in [7, 11) is -2.36. The highest BCUT2D eigenvalue weighted by Gasteiger charge is 2.53. The Morgan fingerprint density at radius 2 is 1.70 bits per heavy atom. The summed E-state index contributed by atoms with van der Waals surface area (Å²) in [4.78, 5) is 27.4. The van der Waals surface area contributed by atoms with Gasteiger partial charge in [0.1, 0.15) is 5.00 Å². The van der Waals surface area contributed by atoms with Crippen molar-refractivity contribution in [3.8, 4) is 0 Å². The number of rotatable bonds is 5. The van der Waals surface area contributed by atoms with Crippen LogP contribution in [0.25, 0.3) is 0 Å². The van der Waals surface area contributed by atoms with Crippen LogP contribution in [-0.2, 0) is 26.7 Å². The minimum atomic E-state index is -3.69. The summed E-state index contributed by atoms with van der Waals surface area (Å²) in [6.45, 7) is 15.4. The van der Waals surface area contributed by atoms with Crippen LogP contribution in [0, 0.1) is 10.8 Å². The van der Waals surface area contributed by atoms with E-state index in [-0.39, 0.29) is 27.3 Å². The largest absolute Gasteiger partial charge is 0.465 e. The number of ether oxygens (including phenoxy) is 1. The summed E-state index contributed by atoms with van der Waals surface area (Å²) in [6.07, 6.45) is 3.35. The van der Waals surface area contributed by atoms with Gasteiger partial charge in [0, 0.05) is 34.1 Å². The van der Waals surface area contributed by atoms with Crippen LogP contribution in [0.3, 0.4) is 0 Å². The number of carbonyl (C=O) groups excluding carboxylic acids is 2.